The number of nitrogens with one attached hydrogen (secondary N) is 1. The molecule has 5 heteroatoms. The number of hydrogen-bond acceptors (Lipinski definition) is 4. The van der Waals surface area contributed by atoms with Gasteiger partial charge in [-0.15, -0.1) is 0 Å². The van der Waals surface area contributed by atoms with Crippen molar-refractivity contribution in [3.05, 3.63) is 11.9 Å². The molecule has 1 aromatic rings. The maximum Gasteiger partial charge on any atom is 0.161 e. The largest absolute Gasteiger partial charge is 0.493 e. The number of methoxy groups -OCH3 is 1. The Morgan fingerprint density at radius 2 is 2.24 bits per heavy atom. The van der Waals surface area contributed by atoms with Gasteiger partial charge in [0, 0.05) is 6.54 Å². The third kappa shape index (κ3) is 3.98. The van der Waals surface area contributed by atoms with Crippen molar-refractivity contribution in [3.63, 3.8) is 0 Å². The molecule has 1 aliphatic carbocycles. The number of hydrogen-bond donors (Lipinski definition) is 1. The van der Waals surface area contributed by atoms with Gasteiger partial charge in [0.15, 0.2) is 5.75 Å². The third-order valence-corrected chi connectivity index (χ3v) is 4.35. The molecule has 1 aliphatic rings. The zero-order chi connectivity index (χ0) is 15.2. The van der Waals surface area contributed by atoms with Gasteiger partial charge in [-0.25, -0.2) is 0 Å². The summed E-state index contributed by atoms with van der Waals surface area (Å²) in [5.74, 6) is 1.65. The van der Waals surface area contributed by atoms with Crippen LogP contribution in [0.3, 0.4) is 0 Å². The first kappa shape index (κ1) is 16.3. The highest BCUT2D eigenvalue weighted by atomic mass is 16.5. The van der Waals surface area contributed by atoms with E-state index in [9.17, 15) is 0 Å². The van der Waals surface area contributed by atoms with E-state index in [0.29, 0.717) is 6.04 Å². The zero-order valence-corrected chi connectivity index (χ0v) is 13.9. The summed E-state index contributed by atoms with van der Waals surface area (Å²) in [6.07, 6.45) is 6.98. The van der Waals surface area contributed by atoms with Gasteiger partial charge < -0.3 is 15.0 Å². The molecule has 5 nitrogen and oxygen atoms in total. The van der Waals surface area contributed by atoms with E-state index in [0.717, 1.165) is 37.7 Å². The van der Waals surface area contributed by atoms with E-state index >= 15 is 0 Å². The minimum Gasteiger partial charge on any atom is -0.493 e. The van der Waals surface area contributed by atoms with Crippen LogP contribution in [0, 0.1) is 5.92 Å². The fourth-order valence-corrected chi connectivity index (χ4v) is 2.88. The summed E-state index contributed by atoms with van der Waals surface area (Å²) in [5, 5.41) is 8.28. The molecule has 0 amide bonds. The average Bonchev–Trinajstić information content (AvgIpc) is 2.81. The smallest absolute Gasteiger partial charge is 0.161 e. The van der Waals surface area contributed by atoms with Crippen LogP contribution in [-0.4, -0.2) is 49.0 Å². The highest BCUT2D eigenvalue weighted by molar-refractivity contribution is 5.29. The third-order valence-electron chi connectivity index (χ3n) is 4.35. The summed E-state index contributed by atoms with van der Waals surface area (Å²) in [4.78, 5) is 2.19. The first-order chi connectivity index (χ1) is 10.2. The molecule has 0 radical (unpaired) electrons. The van der Waals surface area contributed by atoms with Gasteiger partial charge in [-0.3, -0.25) is 4.68 Å². The van der Waals surface area contributed by atoms with Crippen LogP contribution in [0.1, 0.15) is 44.3 Å². The first-order valence-electron chi connectivity index (χ1n) is 8.15. The Morgan fingerprint density at radius 3 is 2.76 bits per heavy atom. The van der Waals surface area contributed by atoms with Crippen molar-refractivity contribution in [3.8, 4) is 5.75 Å². The van der Waals surface area contributed by atoms with E-state index in [-0.39, 0.29) is 0 Å². The lowest BCUT2D eigenvalue weighted by atomic mass is 9.78. The van der Waals surface area contributed by atoms with Crippen molar-refractivity contribution < 1.29 is 4.74 Å². The van der Waals surface area contributed by atoms with Gasteiger partial charge in [0.05, 0.1) is 31.6 Å². The molecule has 0 aromatic carbocycles. The highest BCUT2D eigenvalue weighted by Crippen LogP contribution is 2.40. The Kier molecular flexibility index (Phi) is 6.06. The van der Waals surface area contributed by atoms with Crippen molar-refractivity contribution in [1.82, 2.24) is 20.0 Å². The molecule has 21 heavy (non-hydrogen) atoms. The summed E-state index contributed by atoms with van der Waals surface area (Å²) in [7, 11) is 5.94. The van der Waals surface area contributed by atoms with Crippen molar-refractivity contribution in [2.75, 3.05) is 34.3 Å². The SMILES string of the molecule is CCCNC(c1c(OC)cnn1CCN(C)C)C1CCC1. The predicted octanol–water partition coefficient (Wildman–Crippen LogP) is 2.29. The molecule has 1 fully saturated rings. The molecule has 1 atom stereocenters. The van der Waals surface area contributed by atoms with Crippen LogP contribution in [0.15, 0.2) is 6.20 Å². The second kappa shape index (κ2) is 7.80. The maximum absolute atomic E-state index is 5.58. The monoisotopic (exact) mass is 294 g/mol. The predicted molar refractivity (Wildman–Crippen MR) is 85.7 cm³/mol. The van der Waals surface area contributed by atoms with Crippen LogP contribution in [0.2, 0.25) is 0 Å². The van der Waals surface area contributed by atoms with Crippen LogP contribution in [0.25, 0.3) is 0 Å². The Labute approximate surface area is 128 Å². The van der Waals surface area contributed by atoms with Gasteiger partial charge in [0.25, 0.3) is 0 Å². The normalized spacial score (nSPS) is 17.0. The minimum atomic E-state index is 0.373. The summed E-state index contributed by atoms with van der Waals surface area (Å²) < 4.78 is 7.71. The fraction of sp³-hybridized carbons (Fsp3) is 0.812. The Morgan fingerprint density at radius 1 is 1.48 bits per heavy atom. The highest BCUT2D eigenvalue weighted by Gasteiger charge is 2.32. The molecule has 0 bridgehead atoms. The van der Waals surface area contributed by atoms with E-state index in [4.69, 9.17) is 4.74 Å². The van der Waals surface area contributed by atoms with E-state index < -0.39 is 0 Å². The average molecular weight is 294 g/mol. The molecule has 0 saturated heterocycles. The second-order valence-electron chi connectivity index (χ2n) is 6.25. The van der Waals surface area contributed by atoms with Crippen LogP contribution in [-0.2, 0) is 6.54 Å². The molecule has 0 aliphatic heterocycles. The fourth-order valence-electron chi connectivity index (χ4n) is 2.88. The molecule has 1 heterocycles. The Hall–Kier alpha value is -1.07. The number of aromatic nitrogens is 2. The molecule has 1 aromatic heterocycles. The number of nitrogens with zero attached hydrogens (tertiary/aromatic N) is 3. The number of ether oxygens (including phenoxy) is 1. The van der Waals surface area contributed by atoms with Crippen molar-refractivity contribution in [1.29, 1.82) is 0 Å². The lowest BCUT2D eigenvalue weighted by molar-refractivity contribution is 0.216. The van der Waals surface area contributed by atoms with Gasteiger partial charge >= 0.3 is 0 Å². The van der Waals surface area contributed by atoms with Gasteiger partial charge in [0.1, 0.15) is 0 Å². The van der Waals surface area contributed by atoms with Gasteiger partial charge in [0.2, 0.25) is 0 Å². The lowest BCUT2D eigenvalue weighted by Crippen LogP contribution is -2.35. The molecule has 0 spiro atoms. The Bertz CT molecular complexity index is 426. The topological polar surface area (TPSA) is 42.3 Å². The van der Waals surface area contributed by atoms with Crippen molar-refractivity contribution in [2.45, 2.75) is 45.2 Å². The van der Waals surface area contributed by atoms with Crippen molar-refractivity contribution in [2.24, 2.45) is 5.92 Å². The number of rotatable bonds is 9. The van der Waals surface area contributed by atoms with Gasteiger partial charge in [-0.05, 0) is 45.8 Å². The van der Waals surface area contributed by atoms with Gasteiger partial charge in [-0.2, -0.15) is 5.10 Å². The molecule has 120 valence electrons. The molecular weight excluding hydrogens is 264 g/mol. The van der Waals surface area contributed by atoms with E-state index in [1.165, 1.54) is 25.0 Å². The maximum atomic E-state index is 5.58. The summed E-state index contributed by atoms with van der Waals surface area (Å²) in [5.41, 5.74) is 1.23. The van der Waals surface area contributed by atoms with E-state index in [2.05, 4.69) is 41.0 Å². The van der Waals surface area contributed by atoms with E-state index in [1.54, 1.807) is 7.11 Å². The molecule has 1 saturated carbocycles. The lowest BCUT2D eigenvalue weighted by Gasteiger charge is -2.35. The van der Waals surface area contributed by atoms with Crippen LogP contribution < -0.4 is 10.1 Å². The molecule has 1 unspecified atom stereocenters. The van der Waals surface area contributed by atoms with Crippen LogP contribution >= 0.6 is 0 Å². The molecule has 1 N–H and O–H groups in total. The van der Waals surface area contributed by atoms with Crippen molar-refractivity contribution >= 4 is 0 Å². The standard InChI is InChI=1S/C16H30N4O/c1-5-9-17-15(13-7-6-8-13)16-14(21-4)12-18-20(16)11-10-19(2)3/h12-13,15,17H,5-11H2,1-4H3. The number of likely N-dealkylation sites (N-methyl/N-ethyl adjacent to an activating group) is 1. The minimum absolute atomic E-state index is 0.373. The molecular formula is C16H30N4O. The van der Waals surface area contributed by atoms with Gasteiger partial charge in [-0.1, -0.05) is 13.3 Å². The summed E-state index contributed by atoms with van der Waals surface area (Å²) >= 11 is 0. The van der Waals surface area contributed by atoms with Crippen LogP contribution in [0.5, 0.6) is 5.75 Å². The van der Waals surface area contributed by atoms with E-state index in [1.807, 2.05) is 6.20 Å². The quantitative estimate of drug-likeness (QED) is 0.759. The first-order valence-corrected chi connectivity index (χ1v) is 8.15. The van der Waals surface area contributed by atoms with Crippen LogP contribution in [0.4, 0.5) is 0 Å². The summed E-state index contributed by atoms with van der Waals surface area (Å²) in [6.45, 7) is 5.15. The zero-order valence-electron chi connectivity index (χ0n) is 13.9. The summed E-state index contributed by atoms with van der Waals surface area (Å²) in [6, 6.07) is 0.373. The second-order valence-corrected chi connectivity index (χ2v) is 6.25. The molecule has 2 rings (SSSR count). The Balaban J connectivity index is 2.20.